The van der Waals surface area contributed by atoms with E-state index in [0.717, 1.165) is 16.9 Å². The Morgan fingerprint density at radius 3 is 2.75 bits per heavy atom. The lowest BCUT2D eigenvalue weighted by molar-refractivity contribution is 0.171. The second-order valence-corrected chi connectivity index (χ2v) is 6.12. The van der Waals surface area contributed by atoms with Crippen LogP contribution >= 0.6 is 11.6 Å². The number of pyridine rings is 1. The van der Waals surface area contributed by atoms with Crippen molar-refractivity contribution in [1.29, 1.82) is 0 Å². The Labute approximate surface area is 122 Å². The molecular weight excluding hydrogens is 270 g/mol. The molecule has 0 saturated heterocycles. The smallest absolute Gasteiger partial charge is 0.125 e. The number of fused-ring (bicyclic) bond motifs is 3. The van der Waals surface area contributed by atoms with Crippen molar-refractivity contribution in [3.63, 3.8) is 0 Å². The minimum absolute atomic E-state index is 0.156. The summed E-state index contributed by atoms with van der Waals surface area (Å²) in [5, 5.41) is 1.17. The number of alkyl halides is 1. The fourth-order valence-corrected chi connectivity index (χ4v) is 3.51. The summed E-state index contributed by atoms with van der Waals surface area (Å²) in [6.45, 7) is 2.31. The molecule has 1 fully saturated rings. The summed E-state index contributed by atoms with van der Waals surface area (Å²) in [6, 6.07) is 8.26. The molecule has 3 nitrogen and oxygen atoms in total. The van der Waals surface area contributed by atoms with Gasteiger partial charge in [-0.15, -0.1) is 11.6 Å². The van der Waals surface area contributed by atoms with Crippen molar-refractivity contribution >= 4 is 33.5 Å². The number of hydrogen-bond donors (Lipinski definition) is 0. The van der Waals surface area contributed by atoms with Gasteiger partial charge in [0.05, 0.1) is 23.1 Å². The van der Waals surface area contributed by atoms with Gasteiger partial charge in [0.25, 0.3) is 0 Å². The van der Waals surface area contributed by atoms with E-state index in [1.165, 1.54) is 30.2 Å². The number of imidazole rings is 1. The van der Waals surface area contributed by atoms with Gasteiger partial charge in [0.15, 0.2) is 0 Å². The Kier molecular flexibility index (Phi) is 2.55. The SMILES string of the molecule is CC1(n2c(CCl)nc3cnc4ccccc4c32)CCC1. The molecule has 4 rings (SSSR count). The third kappa shape index (κ3) is 1.53. The molecule has 1 aromatic carbocycles. The molecule has 102 valence electrons. The maximum absolute atomic E-state index is 6.14. The summed E-state index contributed by atoms with van der Waals surface area (Å²) in [6.07, 6.45) is 5.53. The van der Waals surface area contributed by atoms with E-state index in [4.69, 9.17) is 16.6 Å². The number of halogens is 1. The van der Waals surface area contributed by atoms with Gasteiger partial charge in [-0.2, -0.15) is 0 Å². The van der Waals surface area contributed by atoms with Gasteiger partial charge in [-0.05, 0) is 32.3 Å². The third-order valence-electron chi connectivity index (χ3n) is 4.55. The number of para-hydroxylation sites is 1. The van der Waals surface area contributed by atoms with E-state index in [1.54, 1.807) is 0 Å². The zero-order valence-electron chi connectivity index (χ0n) is 11.4. The first-order valence-corrected chi connectivity index (χ1v) is 7.58. The molecule has 0 N–H and O–H groups in total. The van der Waals surface area contributed by atoms with Gasteiger partial charge < -0.3 is 4.57 Å². The van der Waals surface area contributed by atoms with Crippen LogP contribution < -0.4 is 0 Å². The molecule has 1 aliphatic carbocycles. The highest BCUT2D eigenvalue weighted by Crippen LogP contribution is 2.43. The Hall–Kier alpha value is -1.61. The summed E-state index contributed by atoms with van der Waals surface area (Å²) in [5.41, 5.74) is 3.31. The quantitative estimate of drug-likeness (QED) is 0.660. The van der Waals surface area contributed by atoms with Crippen LogP contribution in [0.15, 0.2) is 30.5 Å². The summed E-state index contributed by atoms with van der Waals surface area (Å²) < 4.78 is 2.36. The summed E-state index contributed by atoms with van der Waals surface area (Å²) >= 11 is 6.14. The molecule has 3 aromatic rings. The third-order valence-corrected chi connectivity index (χ3v) is 4.79. The normalized spacial score (nSPS) is 17.5. The molecule has 0 aliphatic heterocycles. The predicted molar refractivity (Wildman–Crippen MR) is 82.1 cm³/mol. The Morgan fingerprint density at radius 1 is 1.25 bits per heavy atom. The molecule has 0 radical (unpaired) electrons. The average Bonchev–Trinajstić information content (AvgIpc) is 2.84. The van der Waals surface area contributed by atoms with Crippen LogP contribution in [0.25, 0.3) is 21.9 Å². The monoisotopic (exact) mass is 285 g/mol. The van der Waals surface area contributed by atoms with Gasteiger partial charge in [0, 0.05) is 10.9 Å². The average molecular weight is 286 g/mol. The van der Waals surface area contributed by atoms with E-state index in [2.05, 4.69) is 34.7 Å². The van der Waals surface area contributed by atoms with Crippen LogP contribution in [0.1, 0.15) is 32.0 Å². The highest BCUT2D eigenvalue weighted by molar-refractivity contribution is 6.17. The minimum Gasteiger partial charge on any atom is -0.320 e. The number of hydrogen-bond acceptors (Lipinski definition) is 2. The number of nitrogens with zero attached hydrogens (tertiary/aromatic N) is 3. The Morgan fingerprint density at radius 2 is 2.05 bits per heavy atom. The Balaban J connectivity index is 2.15. The second kappa shape index (κ2) is 4.19. The molecule has 0 amide bonds. The number of aromatic nitrogens is 3. The molecule has 0 unspecified atom stereocenters. The van der Waals surface area contributed by atoms with Crippen LogP contribution in [0.3, 0.4) is 0 Å². The molecule has 0 atom stereocenters. The van der Waals surface area contributed by atoms with Crippen LogP contribution in [-0.4, -0.2) is 14.5 Å². The van der Waals surface area contributed by atoms with Crippen LogP contribution in [-0.2, 0) is 11.4 Å². The molecule has 1 saturated carbocycles. The first kappa shape index (κ1) is 12.2. The topological polar surface area (TPSA) is 30.7 Å². The molecule has 2 heterocycles. The van der Waals surface area contributed by atoms with Crippen molar-refractivity contribution in [2.75, 3.05) is 0 Å². The number of benzene rings is 1. The molecule has 1 aliphatic rings. The van der Waals surface area contributed by atoms with Gasteiger partial charge in [0.2, 0.25) is 0 Å². The Bertz CT molecular complexity index is 802. The summed E-state index contributed by atoms with van der Waals surface area (Å²) in [5.74, 6) is 1.40. The van der Waals surface area contributed by atoms with Crippen molar-refractivity contribution in [2.24, 2.45) is 0 Å². The van der Waals surface area contributed by atoms with Crippen LogP contribution in [0.5, 0.6) is 0 Å². The first-order chi connectivity index (χ1) is 9.73. The van der Waals surface area contributed by atoms with Gasteiger partial charge in [0.1, 0.15) is 11.3 Å². The first-order valence-electron chi connectivity index (χ1n) is 7.04. The fourth-order valence-electron chi connectivity index (χ4n) is 3.33. The lowest BCUT2D eigenvalue weighted by atomic mass is 9.78. The van der Waals surface area contributed by atoms with Gasteiger partial charge in [-0.25, -0.2) is 4.98 Å². The van der Waals surface area contributed by atoms with E-state index in [-0.39, 0.29) is 5.54 Å². The highest BCUT2D eigenvalue weighted by atomic mass is 35.5. The van der Waals surface area contributed by atoms with Crippen LogP contribution in [0.4, 0.5) is 0 Å². The van der Waals surface area contributed by atoms with E-state index in [1.807, 2.05) is 12.3 Å². The standard InChI is InChI=1S/C16H16ClN3/c1-16(7-4-8-16)20-14(9-17)19-13-10-18-12-6-3-2-5-11(12)15(13)20/h2-3,5-6,10H,4,7-9H2,1H3. The fraction of sp³-hybridized carbons (Fsp3) is 0.375. The lowest BCUT2D eigenvalue weighted by Gasteiger charge is -2.41. The van der Waals surface area contributed by atoms with Crippen molar-refractivity contribution in [1.82, 2.24) is 14.5 Å². The second-order valence-electron chi connectivity index (χ2n) is 5.86. The van der Waals surface area contributed by atoms with E-state index < -0.39 is 0 Å². The van der Waals surface area contributed by atoms with E-state index in [0.29, 0.717) is 5.88 Å². The molecule has 0 bridgehead atoms. The van der Waals surface area contributed by atoms with E-state index in [9.17, 15) is 0 Å². The van der Waals surface area contributed by atoms with Crippen molar-refractivity contribution in [2.45, 2.75) is 37.6 Å². The highest BCUT2D eigenvalue weighted by Gasteiger charge is 2.37. The van der Waals surface area contributed by atoms with Crippen molar-refractivity contribution in [3.05, 3.63) is 36.3 Å². The molecular formula is C16H16ClN3. The zero-order valence-corrected chi connectivity index (χ0v) is 12.2. The maximum atomic E-state index is 6.14. The van der Waals surface area contributed by atoms with Gasteiger partial charge in [-0.3, -0.25) is 4.98 Å². The zero-order chi connectivity index (χ0) is 13.7. The molecule has 4 heteroatoms. The predicted octanol–water partition coefficient (Wildman–Crippen LogP) is 4.22. The summed E-state index contributed by atoms with van der Waals surface area (Å²) in [7, 11) is 0. The summed E-state index contributed by atoms with van der Waals surface area (Å²) in [4.78, 5) is 9.20. The molecule has 2 aromatic heterocycles. The van der Waals surface area contributed by atoms with Gasteiger partial charge >= 0.3 is 0 Å². The number of rotatable bonds is 2. The molecule has 20 heavy (non-hydrogen) atoms. The van der Waals surface area contributed by atoms with Crippen molar-refractivity contribution in [3.8, 4) is 0 Å². The van der Waals surface area contributed by atoms with E-state index >= 15 is 0 Å². The largest absolute Gasteiger partial charge is 0.320 e. The van der Waals surface area contributed by atoms with Crippen LogP contribution in [0, 0.1) is 0 Å². The minimum atomic E-state index is 0.156. The molecule has 0 spiro atoms. The van der Waals surface area contributed by atoms with Gasteiger partial charge in [-0.1, -0.05) is 18.2 Å². The maximum Gasteiger partial charge on any atom is 0.125 e. The van der Waals surface area contributed by atoms with Crippen LogP contribution in [0.2, 0.25) is 0 Å². The lowest BCUT2D eigenvalue weighted by Crippen LogP contribution is -2.38. The van der Waals surface area contributed by atoms with Crippen molar-refractivity contribution < 1.29 is 0 Å².